The summed E-state index contributed by atoms with van der Waals surface area (Å²) in [5.74, 6) is -0.759. The maximum absolute atomic E-state index is 13.4. The zero-order valence-corrected chi connectivity index (χ0v) is 21.2. The Balaban J connectivity index is 1.67. The van der Waals surface area contributed by atoms with E-state index in [1.807, 2.05) is 0 Å². The molecule has 0 aliphatic rings. The fourth-order valence-corrected chi connectivity index (χ4v) is 5.61. The zero-order valence-electron chi connectivity index (χ0n) is 18.9. The summed E-state index contributed by atoms with van der Waals surface area (Å²) in [6.45, 7) is -1.41. The molecular formula is C23H20Cl2N4O7S. The third kappa shape index (κ3) is 5.95. The van der Waals surface area contributed by atoms with Crippen molar-refractivity contribution >= 4 is 55.8 Å². The van der Waals surface area contributed by atoms with E-state index in [0.717, 1.165) is 4.31 Å². The number of aliphatic hydroxyl groups is 2. The van der Waals surface area contributed by atoms with E-state index in [9.17, 15) is 23.4 Å². The van der Waals surface area contributed by atoms with Crippen molar-refractivity contribution in [3.8, 4) is 11.7 Å². The molecule has 194 valence electrons. The number of anilines is 1. The van der Waals surface area contributed by atoms with E-state index in [1.165, 1.54) is 24.3 Å². The average Bonchev–Trinajstić information content (AvgIpc) is 3.28. The monoisotopic (exact) mass is 566 g/mol. The van der Waals surface area contributed by atoms with Crippen LogP contribution in [0.4, 0.5) is 5.69 Å². The van der Waals surface area contributed by atoms with Crippen molar-refractivity contribution in [2.24, 2.45) is 0 Å². The lowest BCUT2D eigenvalue weighted by molar-refractivity contribution is -0.135. The number of carboxylic acids is 1. The van der Waals surface area contributed by atoms with Crippen molar-refractivity contribution in [3.63, 3.8) is 0 Å². The summed E-state index contributed by atoms with van der Waals surface area (Å²) in [5.41, 5.74) is 0.780. The van der Waals surface area contributed by atoms with Crippen LogP contribution in [0.2, 0.25) is 10.0 Å². The van der Waals surface area contributed by atoms with Crippen LogP contribution >= 0.6 is 23.2 Å². The summed E-state index contributed by atoms with van der Waals surface area (Å²) in [6, 6.07) is 13.3. The van der Waals surface area contributed by atoms with E-state index < -0.39 is 35.2 Å². The lowest BCUT2D eigenvalue weighted by Gasteiger charge is -2.23. The Kier molecular flexibility index (Phi) is 7.85. The second-order valence-corrected chi connectivity index (χ2v) is 10.6. The first kappa shape index (κ1) is 26.6. The highest BCUT2D eigenvalue weighted by molar-refractivity contribution is 7.92. The van der Waals surface area contributed by atoms with E-state index in [0.29, 0.717) is 16.7 Å². The average molecular weight is 567 g/mol. The third-order valence-corrected chi connectivity index (χ3v) is 7.36. The molecule has 0 spiro atoms. The lowest BCUT2D eigenvalue weighted by atomic mass is 10.2. The van der Waals surface area contributed by atoms with Gasteiger partial charge in [0, 0.05) is 27.7 Å². The minimum atomic E-state index is -4.32. The van der Waals surface area contributed by atoms with Crippen molar-refractivity contribution in [2.45, 2.75) is 11.0 Å². The largest absolute Gasteiger partial charge is 0.480 e. The van der Waals surface area contributed by atoms with E-state index >= 15 is 0 Å². The van der Waals surface area contributed by atoms with Gasteiger partial charge in [-0.25, -0.2) is 8.42 Å². The van der Waals surface area contributed by atoms with Crippen LogP contribution in [0.3, 0.4) is 0 Å². The van der Waals surface area contributed by atoms with Crippen molar-refractivity contribution in [1.29, 1.82) is 0 Å². The van der Waals surface area contributed by atoms with Crippen molar-refractivity contribution < 1.29 is 33.3 Å². The van der Waals surface area contributed by atoms with Gasteiger partial charge in [-0.3, -0.25) is 13.7 Å². The molecule has 14 heteroatoms. The van der Waals surface area contributed by atoms with Crippen LogP contribution in [0.15, 0.2) is 65.7 Å². The predicted octanol–water partition coefficient (Wildman–Crippen LogP) is 2.74. The van der Waals surface area contributed by atoms with Crippen LogP contribution in [0, 0.1) is 0 Å². The summed E-state index contributed by atoms with van der Waals surface area (Å²) < 4.78 is 34.4. The summed E-state index contributed by atoms with van der Waals surface area (Å²) in [6.07, 6.45) is 0.658. The van der Waals surface area contributed by atoms with Crippen LogP contribution in [0.5, 0.6) is 5.88 Å². The van der Waals surface area contributed by atoms with Gasteiger partial charge in [0.05, 0.1) is 22.7 Å². The number of ether oxygens (including phenoxy) is 1. The first-order valence-corrected chi connectivity index (χ1v) is 12.9. The second kappa shape index (κ2) is 10.9. The predicted molar refractivity (Wildman–Crippen MR) is 136 cm³/mol. The molecule has 0 amide bonds. The SMILES string of the molecule is O=C(O)CN(c1ccc2c(ccn2-c2ccc(OCC(O)CO)nn2)c1)S(=O)(=O)c1cc(Cl)cc(Cl)c1. The molecule has 2 aromatic carbocycles. The number of halogens is 2. The molecule has 0 aliphatic heterocycles. The number of aromatic nitrogens is 3. The number of fused-ring (bicyclic) bond motifs is 1. The number of benzene rings is 2. The van der Waals surface area contributed by atoms with E-state index in [2.05, 4.69) is 10.2 Å². The highest BCUT2D eigenvalue weighted by atomic mass is 35.5. The number of rotatable bonds is 10. The number of sulfonamides is 1. The molecule has 1 atom stereocenters. The molecule has 0 saturated heterocycles. The van der Waals surface area contributed by atoms with Crippen LogP contribution in [0.25, 0.3) is 16.7 Å². The quantitative estimate of drug-likeness (QED) is 0.262. The molecule has 11 nitrogen and oxygen atoms in total. The Morgan fingerprint density at radius 3 is 2.41 bits per heavy atom. The highest BCUT2D eigenvalue weighted by Gasteiger charge is 2.28. The number of carbonyl (C=O) groups is 1. The van der Waals surface area contributed by atoms with Gasteiger partial charge in [-0.15, -0.1) is 10.2 Å². The van der Waals surface area contributed by atoms with Crippen LogP contribution < -0.4 is 9.04 Å². The molecule has 1 unspecified atom stereocenters. The zero-order chi connectivity index (χ0) is 26.7. The number of hydrogen-bond acceptors (Lipinski definition) is 8. The third-order valence-electron chi connectivity index (χ3n) is 5.17. The van der Waals surface area contributed by atoms with Gasteiger partial charge in [0.15, 0.2) is 5.82 Å². The molecule has 3 N–H and O–H groups in total. The van der Waals surface area contributed by atoms with Gasteiger partial charge in [0.1, 0.15) is 19.3 Å². The topological polar surface area (TPSA) is 155 Å². The fourth-order valence-electron chi connectivity index (χ4n) is 3.48. The van der Waals surface area contributed by atoms with Crippen molar-refractivity contribution in [2.75, 3.05) is 24.1 Å². The number of hydrogen-bond donors (Lipinski definition) is 3. The van der Waals surface area contributed by atoms with Gasteiger partial charge >= 0.3 is 5.97 Å². The first-order valence-electron chi connectivity index (χ1n) is 10.7. The Bertz CT molecular complexity index is 1520. The van der Waals surface area contributed by atoms with Crippen LogP contribution in [-0.2, 0) is 14.8 Å². The minimum Gasteiger partial charge on any atom is -0.480 e. The van der Waals surface area contributed by atoms with E-state index in [-0.39, 0.29) is 33.1 Å². The molecule has 2 aromatic heterocycles. The van der Waals surface area contributed by atoms with Gasteiger partial charge in [-0.05, 0) is 48.5 Å². The smallest absolute Gasteiger partial charge is 0.324 e. The highest BCUT2D eigenvalue weighted by Crippen LogP contribution is 2.31. The van der Waals surface area contributed by atoms with Gasteiger partial charge in [0.2, 0.25) is 5.88 Å². The molecule has 0 radical (unpaired) electrons. The van der Waals surface area contributed by atoms with E-state index in [1.54, 1.807) is 41.1 Å². The van der Waals surface area contributed by atoms with Gasteiger partial charge in [0.25, 0.3) is 10.0 Å². The summed E-state index contributed by atoms with van der Waals surface area (Å²) in [5, 5.41) is 36.5. The Morgan fingerprint density at radius 2 is 1.78 bits per heavy atom. The van der Waals surface area contributed by atoms with Gasteiger partial charge in [-0.1, -0.05) is 23.2 Å². The van der Waals surface area contributed by atoms with Crippen LogP contribution in [-0.4, -0.2) is 70.3 Å². The lowest BCUT2D eigenvalue weighted by Crippen LogP contribution is -2.35. The molecule has 0 fully saturated rings. The molecule has 0 aliphatic carbocycles. The Morgan fingerprint density at radius 1 is 1.05 bits per heavy atom. The molecule has 0 saturated carbocycles. The van der Waals surface area contributed by atoms with Crippen molar-refractivity contribution in [1.82, 2.24) is 14.8 Å². The standard InChI is InChI=1S/C23H20Cl2N4O7S/c24-15-8-16(25)10-19(9-15)37(34,35)29(11-23(32)33)17-1-2-20-14(7-17)5-6-28(20)21-3-4-22(27-26-21)36-13-18(31)12-30/h1-10,18,30-31H,11-13H2,(H,32,33). The minimum absolute atomic E-state index is 0.0935. The maximum atomic E-state index is 13.4. The van der Waals surface area contributed by atoms with Gasteiger partial charge < -0.3 is 20.1 Å². The maximum Gasteiger partial charge on any atom is 0.324 e. The first-order chi connectivity index (χ1) is 17.6. The van der Waals surface area contributed by atoms with Crippen LogP contribution in [0.1, 0.15) is 0 Å². The van der Waals surface area contributed by atoms with Gasteiger partial charge in [-0.2, -0.15) is 0 Å². The molecular weight excluding hydrogens is 547 g/mol. The molecule has 37 heavy (non-hydrogen) atoms. The normalized spacial score (nSPS) is 12.4. The molecule has 4 rings (SSSR count). The Labute approximate surface area is 221 Å². The summed E-state index contributed by atoms with van der Waals surface area (Å²) in [7, 11) is -4.32. The summed E-state index contributed by atoms with van der Waals surface area (Å²) in [4.78, 5) is 11.3. The number of aliphatic carboxylic acids is 1. The molecule has 2 heterocycles. The molecule has 4 aromatic rings. The Hall–Kier alpha value is -3.42. The second-order valence-electron chi connectivity index (χ2n) is 7.82. The van der Waals surface area contributed by atoms with E-state index in [4.69, 9.17) is 33.0 Å². The van der Waals surface area contributed by atoms with Crippen molar-refractivity contribution in [3.05, 3.63) is 70.8 Å². The number of nitrogens with zero attached hydrogens (tertiary/aromatic N) is 4. The fraction of sp³-hybridized carbons (Fsp3) is 0.174. The number of carboxylic acid groups (broad SMARTS) is 1. The number of aliphatic hydroxyl groups excluding tert-OH is 2. The molecule has 0 bridgehead atoms. The summed E-state index contributed by atoms with van der Waals surface area (Å²) >= 11 is 11.9.